The highest BCUT2D eigenvalue weighted by Gasteiger charge is 2.52. The first-order valence-electron chi connectivity index (χ1n) is 7.36. The molecule has 1 N–H and O–H groups in total. The number of esters is 1. The quantitative estimate of drug-likeness (QED) is 0.517. The van der Waals surface area contributed by atoms with Crippen LogP contribution in [0.5, 0.6) is 0 Å². The number of ether oxygens (including phenoxy) is 1. The Morgan fingerprint density at radius 3 is 2.39 bits per heavy atom. The summed E-state index contributed by atoms with van der Waals surface area (Å²) in [6.07, 6.45) is -4.68. The third-order valence-electron chi connectivity index (χ3n) is 4.25. The van der Waals surface area contributed by atoms with E-state index in [2.05, 4.69) is 10.1 Å². The molecule has 1 aliphatic carbocycles. The van der Waals surface area contributed by atoms with Crippen molar-refractivity contribution in [3.63, 3.8) is 0 Å². The molecule has 0 bridgehead atoms. The van der Waals surface area contributed by atoms with E-state index in [0.717, 1.165) is 0 Å². The molecule has 0 aromatic heterocycles. The average molecular weight is 333 g/mol. The van der Waals surface area contributed by atoms with E-state index in [0.29, 0.717) is 11.1 Å². The molecule has 0 unspecified atom stereocenters. The molecule has 0 spiro atoms. The number of hydrogen-bond acceptors (Lipinski definition) is 3. The van der Waals surface area contributed by atoms with Crippen molar-refractivity contribution in [3.8, 4) is 0 Å². The molecule has 0 radical (unpaired) electrons. The average Bonchev–Trinajstić information content (AvgIpc) is 2.40. The summed E-state index contributed by atoms with van der Waals surface area (Å²) in [5.74, 6) is -2.65. The van der Waals surface area contributed by atoms with E-state index in [4.69, 9.17) is 0 Å². The fourth-order valence-electron chi connectivity index (χ4n) is 2.81. The zero-order chi connectivity index (χ0) is 17.4. The Kier molecular flexibility index (Phi) is 4.71. The molecule has 1 aromatic carbocycles. The summed E-state index contributed by atoms with van der Waals surface area (Å²) in [4.78, 5) is 11.0. The Morgan fingerprint density at radius 2 is 1.96 bits per heavy atom. The first-order chi connectivity index (χ1) is 10.6. The zero-order valence-electron chi connectivity index (χ0n) is 13.1. The predicted octanol–water partition coefficient (Wildman–Crippen LogP) is 3.85. The molecule has 1 aliphatic rings. The molecule has 0 amide bonds. The van der Waals surface area contributed by atoms with Crippen LogP contribution in [0.2, 0.25) is 0 Å². The molecule has 3 nitrogen and oxygen atoms in total. The molecular weight excluding hydrogens is 314 g/mol. The van der Waals surface area contributed by atoms with Crippen molar-refractivity contribution in [1.82, 2.24) is 5.32 Å². The first-order valence-corrected chi connectivity index (χ1v) is 7.36. The number of alkyl halides is 3. The smallest absolute Gasteiger partial charge is 0.437 e. The summed E-state index contributed by atoms with van der Waals surface area (Å²) in [6.45, 7) is 3.76. The van der Waals surface area contributed by atoms with Gasteiger partial charge in [0.25, 0.3) is 0 Å². The van der Waals surface area contributed by atoms with E-state index >= 15 is 0 Å². The maximum atomic E-state index is 14.0. The summed E-state index contributed by atoms with van der Waals surface area (Å²) in [7, 11) is 1.43. The summed E-state index contributed by atoms with van der Waals surface area (Å²) < 4.78 is 55.5. The highest BCUT2D eigenvalue weighted by Crippen LogP contribution is 2.46. The van der Waals surface area contributed by atoms with Crippen LogP contribution in [-0.2, 0) is 9.53 Å². The maximum Gasteiger partial charge on any atom is 0.490 e. The lowest BCUT2D eigenvalue weighted by Crippen LogP contribution is -2.57. The molecule has 0 atom stereocenters. The fourth-order valence-corrected chi connectivity index (χ4v) is 2.81. The van der Waals surface area contributed by atoms with Gasteiger partial charge in [-0.3, -0.25) is 5.32 Å². The molecule has 0 heterocycles. The van der Waals surface area contributed by atoms with Crippen LogP contribution >= 0.6 is 0 Å². The number of carbonyl (C=O) groups excluding carboxylic acids is 1. The van der Waals surface area contributed by atoms with E-state index in [1.807, 2.05) is 13.8 Å². The largest absolute Gasteiger partial charge is 0.490 e. The summed E-state index contributed by atoms with van der Waals surface area (Å²) in [5.41, 5.74) is -0.0536. The van der Waals surface area contributed by atoms with Crippen molar-refractivity contribution in [2.75, 3.05) is 7.05 Å². The first kappa shape index (κ1) is 17.7. The van der Waals surface area contributed by atoms with Gasteiger partial charge in [0.05, 0.1) is 0 Å². The van der Waals surface area contributed by atoms with Crippen LogP contribution in [0.1, 0.15) is 49.7 Å². The highest BCUT2D eigenvalue weighted by molar-refractivity contribution is 5.76. The topological polar surface area (TPSA) is 38.3 Å². The van der Waals surface area contributed by atoms with Gasteiger partial charge in [-0.2, -0.15) is 13.2 Å². The van der Waals surface area contributed by atoms with Crippen LogP contribution in [-0.4, -0.2) is 24.9 Å². The lowest BCUT2D eigenvalue weighted by atomic mass is 9.72. The monoisotopic (exact) mass is 333 g/mol. The van der Waals surface area contributed by atoms with Crippen molar-refractivity contribution < 1.29 is 27.1 Å². The van der Waals surface area contributed by atoms with Gasteiger partial charge in [-0.05, 0) is 36.1 Å². The van der Waals surface area contributed by atoms with Crippen LogP contribution in [0.15, 0.2) is 18.2 Å². The van der Waals surface area contributed by atoms with Crippen LogP contribution < -0.4 is 5.32 Å². The van der Waals surface area contributed by atoms with Crippen LogP contribution in [0.4, 0.5) is 17.6 Å². The SMILES string of the molecule is CNC1(OC(=O)C(F)(F)F)CC(c2ccc(C(C)C)c(F)c2)C1. The van der Waals surface area contributed by atoms with E-state index < -0.39 is 17.9 Å². The van der Waals surface area contributed by atoms with Gasteiger partial charge in [0.1, 0.15) is 5.82 Å². The second-order valence-corrected chi connectivity index (χ2v) is 6.17. The van der Waals surface area contributed by atoms with Gasteiger partial charge in [-0.1, -0.05) is 26.0 Å². The second kappa shape index (κ2) is 6.11. The molecule has 7 heteroatoms. The molecule has 1 fully saturated rings. The number of hydrogen-bond donors (Lipinski definition) is 1. The Morgan fingerprint density at radius 1 is 1.35 bits per heavy atom. The van der Waals surface area contributed by atoms with Crippen molar-refractivity contribution in [2.45, 2.75) is 50.4 Å². The molecular formula is C16H19F4NO2. The van der Waals surface area contributed by atoms with Crippen LogP contribution in [0.25, 0.3) is 0 Å². The van der Waals surface area contributed by atoms with Gasteiger partial charge in [-0.25, -0.2) is 9.18 Å². The summed E-state index contributed by atoms with van der Waals surface area (Å²) in [5, 5.41) is 2.63. The van der Waals surface area contributed by atoms with Gasteiger partial charge in [0.2, 0.25) is 0 Å². The Balaban J connectivity index is 2.07. The summed E-state index contributed by atoms with van der Waals surface area (Å²) >= 11 is 0. The Hall–Kier alpha value is -1.63. The number of halogens is 4. The minimum Gasteiger partial charge on any atom is -0.437 e. The standard InChI is InChI=1S/C16H19F4NO2/c1-9(2)12-5-4-10(6-13(12)17)11-7-15(8-11,21-3)23-14(22)16(18,19)20/h4-6,9,11,21H,7-8H2,1-3H3. The number of rotatable bonds is 4. The van der Waals surface area contributed by atoms with E-state index in [-0.39, 0.29) is 30.5 Å². The third-order valence-corrected chi connectivity index (χ3v) is 4.25. The van der Waals surface area contributed by atoms with Gasteiger partial charge < -0.3 is 4.74 Å². The minimum absolute atomic E-state index is 0.0505. The molecule has 2 rings (SSSR count). The number of carbonyl (C=O) groups is 1. The van der Waals surface area contributed by atoms with Crippen molar-refractivity contribution in [2.24, 2.45) is 0 Å². The van der Waals surface area contributed by atoms with E-state index in [1.165, 1.54) is 13.1 Å². The van der Waals surface area contributed by atoms with Gasteiger partial charge in [0, 0.05) is 12.8 Å². The zero-order valence-corrected chi connectivity index (χ0v) is 13.1. The highest BCUT2D eigenvalue weighted by atomic mass is 19.4. The molecule has 1 aromatic rings. The van der Waals surface area contributed by atoms with E-state index in [9.17, 15) is 22.4 Å². The lowest BCUT2D eigenvalue weighted by Gasteiger charge is -2.46. The van der Waals surface area contributed by atoms with Crippen molar-refractivity contribution >= 4 is 5.97 Å². The molecule has 0 saturated heterocycles. The van der Waals surface area contributed by atoms with E-state index in [1.54, 1.807) is 12.1 Å². The predicted molar refractivity (Wildman–Crippen MR) is 76.4 cm³/mol. The molecule has 128 valence electrons. The second-order valence-electron chi connectivity index (χ2n) is 6.17. The van der Waals surface area contributed by atoms with Crippen LogP contribution in [0, 0.1) is 5.82 Å². The maximum absolute atomic E-state index is 14.0. The third kappa shape index (κ3) is 3.65. The minimum atomic E-state index is -5.03. The Labute approximate surface area is 132 Å². The number of nitrogens with one attached hydrogen (secondary N) is 1. The fraction of sp³-hybridized carbons (Fsp3) is 0.562. The molecule has 0 aliphatic heterocycles. The van der Waals surface area contributed by atoms with Crippen LogP contribution in [0.3, 0.4) is 0 Å². The molecule has 1 saturated carbocycles. The summed E-state index contributed by atoms with van der Waals surface area (Å²) in [6, 6.07) is 4.87. The normalized spacial score (nSPS) is 24.4. The Bertz CT molecular complexity index is 592. The van der Waals surface area contributed by atoms with Crippen molar-refractivity contribution in [1.29, 1.82) is 0 Å². The van der Waals surface area contributed by atoms with Gasteiger partial charge >= 0.3 is 12.1 Å². The van der Waals surface area contributed by atoms with Crippen molar-refractivity contribution in [3.05, 3.63) is 35.1 Å². The molecule has 23 heavy (non-hydrogen) atoms. The van der Waals surface area contributed by atoms with Gasteiger partial charge in [-0.15, -0.1) is 0 Å². The number of benzene rings is 1. The lowest BCUT2D eigenvalue weighted by molar-refractivity contribution is -0.226. The van der Waals surface area contributed by atoms with Gasteiger partial charge in [0.15, 0.2) is 5.72 Å².